The van der Waals surface area contributed by atoms with Crippen LogP contribution in [0.2, 0.25) is 0 Å². The van der Waals surface area contributed by atoms with Crippen molar-refractivity contribution in [3.05, 3.63) is 34.7 Å². The van der Waals surface area contributed by atoms with Crippen LogP contribution in [0, 0.1) is 4.91 Å². The third kappa shape index (κ3) is 2.41. The van der Waals surface area contributed by atoms with Crippen LogP contribution < -0.4 is 0 Å². The van der Waals surface area contributed by atoms with E-state index in [2.05, 4.69) is 5.18 Å². The molecule has 0 spiro atoms. The quantitative estimate of drug-likeness (QED) is 0.450. The highest BCUT2D eigenvalue weighted by Crippen LogP contribution is 2.26. The van der Waals surface area contributed by atoms with Gasteiger partial charge in [0.2, 0.25) is 5.69 Å². The summed E-state index contributed by atoms with van der Waals surface area (Å²) in [5.74, 6) is -1.08. The minimum absolute atomic E-state index is 0.0208. The largest absolute Gasteiger partial charge is 0.592 e. The SMILES string of the molecule is O=Nc1ccc(/C=C/C(=O)O)cc1[OH2+]. The highest BCUT2D eigenvalue weighted by molar-refractivity contribution is 5.85. The minimum Gasteiger partial charge on any atom is -0.592 e. The van der Waals surface area contributed by atoms with Crippen molar-refractivity contribution in [2.24, 2.45) is 5.18 Å². The van der Waals surface area contributed by atoms with Gasteiger partial charge in [-0.1, -0.05) is 6.07 Å². The lowest BCUT2D eigenvalue weighted by atomic mass is 10.2. The topological polar surface area (TPSA) is 89.6 Å². The van der Waals surface area contributed by atoms with Crippen LogP contribution in [0.1, 0.15) is 5.56 Å². The highest BCUT2D eigenvalue weighted by atomic mass is 16.4. The van der Waals surface area contributed by atoms with Crippen molar-refractivity contribution < 1.29 is 15.0 Å². The molecule has 0 aromatic heterocycles. The lowest BCUT2D eigenvalue weighted by molar-refractivity contribution is -0.131. The molecule has 3 N–H and O–H groups in total. The maximum absolute atomic E-state index is 10.2. The van der Waals surface area contributed by atoms with Crippen LogP contribution >= 0.6 is 0 Å². The van der Waals surface area contributed by atoms with Crippen molar-refractivity contribution in [3.8, 4) is 5.75 Å². The van der Waals surface area contributed by atoms with E-state index in [9.17, 15) is 9.70 Å². The van der Waals surface area contributed by atoms with E-state index >= 15 is 0 Å². The summed E-state index contributed by atoms with van der Waals surface area (Å²) in [7, 11) is 0. The summed E-state index contributed by atoms with van der Waals surface area (Å²) < 4.78 is 0. The number of rotatable bonds is 3. The molecule has 0 fully saturated rings. The number of hydrogen-bond donors (Lipinski definition) is 1. The van der Waals surface area contributed by atoms with Gasteiger partial charge in [0.05, 0.1) is 0 Å². The molecule has 0 radical (unpaired) electrons. The van der Waals surface area contributed by atoms with Crippen molar-refractivity contribution in [2.45, 2.75) is 0 Å². The van der Waals surface area contributed by atoms with Crippen LogP contribution in [0.4, 0.5) is 5.69 Å². The van der Waals surface area contributed by atoms with Crippen LogP contribution in [0.15, 0.2) is 29.5 Å². The van der Waals surface area contributed by atoms with E-state index in [0.717, 1.165) is 6.08 Å². The van der Waals surface area contributed by atoms with Gasteiger partial charge in [-0.05, 0) is 22.9 Å². The Balaban J connectivity index is 2.97. The van der Waals surface area contributed by atoms with Crippen LogP contribution in [-0.4, -0.2) is 16.2 Å². The van der Waals surface area contributed by atoms with Crippen molar-refractivity contribution in [2.75, 3.05) is 0 Å². The van der Waals surface area contributed by atoms with Crippen LogP contribution in [0.3, 0.4) is 0 Å². The molecule has 5 heteroatoms. The molecule has 0 aliphatic carbocycles. The molecule has 1 aromatic carbocycles. The molecule has 1 rings (SSSR count). The fraction of sp³-hybridized carbons (Fsp3) is 0. The van der Waals surface area contributed by atoms with Gasteiger partial charge in [0.15, 0.2) is 0 Å². The fourth-order valence-electron chi connectivity index (χ4n) is 0.904. The van der Waals surface area contributed by atoms with E-state index in [0.29, 0.717) is 5.56 Å². The minimum atomic E-state index is -1.06. The monoisotopic (exact) mass is 194 g/mol. The average molecular weight is 194 g/mol. The first-order chi connectivity index (χ1) is 6.63. The number of hydrogen-bond acceptors (Lipinski definition) is 3. The van der Waals surface area contributed by atoms with Gasteiger partial charge >= 0.3 is 5.97 Å². The number of benzene rings is 1. The Bertz CT molecular complexity index is 398. The molecule has 0 atom stereocenters. The Hall–Kier alpha value is -2.17. The normalized spacial score (nSPS) is 10.3. The number of carboxylic acid groups (broad SMARTS) is 1. The zero-order valence-corrected chi connectivity index (χ0v) is 7.10. The Labute approximate surface area is 79.3 Å². The number of nitroso groups, excluding NO2 is 1. The van der Waals surface area contributed by atoms with Crippen LogP contribution in [0.25, 0.3) is 6.08 Å². The highest BCUT2D eigenvalue weighted by Gasteiger charge is 2.05. The molecule has 0 heterocycles. The first-order valence-corrected chi connectivity index (χ1v) is 3.73. The molecule has 0 saturated carbocycles. The zero-order chi connectivity index (χ0) is 10.6. The predicted molar refractivity (Wildman–Crippen MR) is 51.6 cm³/mol. The van der Waals surface area contributed by atoms with Gasteiger partial charge in [-0.3, -0.25) is 0 Å². The van der Waals surface area contributed by atoms with E-state index in [-0.39, 0.29) is 11.4 Å². The first kappa shape index (κ1) is 9.91. The van der Waals surface area contributed by atoms with Gasteiger partial charge in [-0.25, -0.2) is 4.79 Å². The molecule has 0 bridgehead atoms. The van der Waals surface area contributed by atoms with Crippen molar-refractivity contribution >= 4 is 17.7 Å². The van der Waals surface area contributed by atoms with E-state index in [1.54, 1.807) is 0 Å². The zero-order valence-electron chi connectivity index (χ0n) is 7.10. The summed E-state index contributed by atoms with van der Waals surface area (Å²) in [6, 6.07) is 4.27. The predicted octanol–water partition coefficient (Wildman–Crippen LogP) is 1.62. The van der Waals surface area contributed by atoms with Crippen molar-refractivity contribution in [1.82, 2.24) is 0 Å². The second-order valence-electron chi connectivity index (χ2n) is 2.54. The molecule has 14 heavy (non-hydrogen) atoms. The smallest absolute Gasteiger partial charge is 0.328 e. The first-order valence-electron chi connectivity index (χ1n) is 3.73. The number of carbonyl (C=O) groups is 1. The van der Waals surface area contributed by atoms with Crippen molar-refractivity contribution in [1.29, 1.82) is 0 Å². The van der Waals surface area contributed by atoms with E-state index < -0.39 is 5.97 Å². The molecule has 0 amide bonds. The summed E-state index contributed by atoms with van der Waals surface area (Å²) in [6.45, 7) is 0. The van der Waals surface area contributed by atoms with Gasteiger partial charge < -0.3 is 10.2 Å². The number of carboxylic acids is 1. The molecular formula is C9H8NO4+. The molecule has 0 unspecified atom stereocenters. The van der Waals surface area contributed by atoms with Crippen LogP contribution in [0.5, 0.6) is 5.75 Å². The van der Waals surface area contributed by atoms with E-state index in [1.807, 2.05) is 0 Å². The van der Waals surface area contributed by atoms with Gasteiger partial charge in [0.1, 0.15) is 0 Å². The molecule has 1 aromatic rings. The molecule has 0 aliphatic rings. The Morgan fingerprint density at radius 2 is 2.21 bits per heavy atom. The summed E-state index contributed by atoms with van der Waals surface area (Å²) in [5.41, 5.74) is 0.585. The second-order valence-corrected chi connectivity index (χ2v) is 2.54. The molecule has 72 valence electrons. The standard InChI is InChI=1S/C9H7NO4/c11-8-5-6(2-4-9(12)13)1-3-7(8)10-14/h1-5,11H,(H,12,13)/p+1/b4-2+. The van der Waals surface area contributed by atoms with Gasteiger partial charge in [0.25, 0.3) is 5.75 Å². The molecule has 5 nitrogen and oxygen atoms in total. The second kappa shape index (κ2) is 4.18. The lowest BCUT2D eigenvalue weighted by Crippen LogP contribution is -1.85. The summed E-state index contributed by atoms with van der Waals surface area (Å²) >= 11 is 0. The maximum Gasteiger partial charge on any atom is 0.328 e. The van der Waals surface area contributed by atoms with Gasteiger partial charge in [-0.2, -0.15) is 0 Å². The third-order valence-corrected chi connectivity index (χ3v) is 1.54. The number of nitrogens with zero attached hydrogens (tertiary/aromatic N) is 1. The third-order valence-electron chi connectivity index (χ3n) is 1.54. The van der Waals surface area contributed by atoms with E-state index in [4.69, 9.17) is 10.2 Å². The Morgan fingerprint density at radius 3 is 2.71 bits per heavy atom. The molecular weight excluding hydrogens is 186 g/mol. The lowest BCUT2D eigenvalue weighted by Gasteiger charge is -1.93. The summed E-state index contributed by atoms with van der Waals surface area (Å²) in [6.07, 6.45) is 2.30. The van der Waals surface area contributed by atoms with Gasteiger partial charge in [-0.15, -0.1) is 4.91 Å². The molecule has 0 aliphatic heterocycles. The maximum atomic E-state index is 10.2. The van der Waals surface area contributed by atoms with Gasteiger partial charge in [0, 0.05) is 12.1 Å². The fourth-order valence-corrected chi connectivity index (χ4v) is 0.904. The van der Waals surface area contributed by atoms with Crippen molar-refractivity contribution in [3.63, 3.8) is 0 Å². The molecule has 0 saturated heterocycles. The number of aliphatic carboxylic acids is 1. The Kier molecular flexibility index (Phi) is 2.96. The van der Waals surface area contributed by atoms with Crippen LogP contribution in [-0.2, 0) is 4.79 Å². The Morgan fingerprint density at radius 1 is 1.50 bits per heavy atom. The summed E-state index contributed by atoms with van der Waals surface area (Å²) in [4.78, 5) is 20.3. The van der Waals surface area contributed by atoms with E-state index in [1.165, 1.54) is 24.3 Å². The summed E-state index contributed by atoms with van der Waals surface area (Å²) in [5, 5.41) is 18.3. The average Bonchev–Trinajstić information content (AvgIpc) is 2.15.